The van der Waals surface area contributed by atoms with E-state index < -0.39 is 0 Å². The molecule has 6 heteroatoms. The molecule has 0 radical (unpaired) electrons. The summed E-state index contributed by atoms with van der Waals surface area (Å²) in [5, 5.41) is 7.02. The van der Waals surface area contributed by atoms with E-state index in [4.69, 9.17) is 5.73 Å². The van der Waals surface area contributed by atoms with Gasteiger partial charge in [-0.25, -0.2) is 0 Å². The number of nitrogens with zero attached hydrogens (tertiary/aromatic N) is 2. The number of nitrogens with one attached hydrogen (secondary N) is 1. The average molecular weight is 295 g/mol. The lowest BCUT2D eigenvalue weighted by Crippen LogP contribution is -2.23. The van der Waals surface area contributed by atoms with Gasteiger partial charge in [0.15, 0.2) is 0 Å². The van der Waals surface area contributed by atoms with Gasteiger partial charge in [0.2, 0.25) is 0 Å². The molecular weight excluding hydrogens is 276 g/mol. The summed E-state index contributed by atoms with van der Waals surface area (Å²) in [4.78, 5) is 12.0. The number of carbonyl (C=O) groups excluding carboxylic acids is 1. The van der Waals surface area contributed by atoms with Crippen molar-refractivity contribution in [3.8, 4) is 0 Å². The van der Waals surface area contributed by atoms with Gasteiger partial charge in [-0.05, 0) is 24.6 Å². The number of benzene rings is 1. The third kappa shape index (κ3) is 3.59. The van der Waals surface area contributed by atoms with Crippen LogP contribution in [0, 0.1) is 6.92 Å². The fraction of sp³-hybridized carbons (Fsp3) is 0.286. The number of aromatic nitrogens is 2. The van der Waals surface area contributed by atoms with Gasteiger partial charge in [-0.15, -0.1) is 12.4 Å². The average Bonchev–Trinajstić information content (AvgIpc) is 2.76. The van der Waals surface area contributed by atoms with Crippen LogP contribution in [0.2, 0.25) is 0 Å². The zero-order chi connectivity index (χ0) is 13.8. The molecule has 1 heterocycles. The highest BCUT2D eigenvalue weighted by molar-refractivity contribution is 5.94. The molecule has 0 saturated heterocycles. The van der Waals surface area contributed by atoms with Crippen molar-refractivity contribution in [2.75, 3.05) is 0 Å². The first-order valence-corrected chi connectivity index (χ1v) is 6.16. The van der Waals surface area contributed by atoms with Crippen molar-refractivity contribution >= 4 is 18.3 Å². The van der Waals surface area contributed by atoms with Crippen LogP contribution in [0.3, 0.4) is 0 Å². The lowest BCUT2D eigenvalue weighted by Gasteiger charge is -2.05. The molecule has 0 saturated carbocycles. The molecule has 1 amide bonds. The summed E-state index contributed by atoms with van der Waals surface area (Å²) in [6.07, 6.45) is 1.77. The fourth-order valence-corrected chi connectivity index (χ4v) is 1.79. The molecule has 1 aromatic carbocycles. The van der Waals surface area contributed by atoms with Crippen molar-refractivity contribution in [1.82, 2.24) is 15.1 Å². The molecule has 0 spiro atoms. The van der Waals surface area contributed by atoms with E-state index in [-0.39, 0.29) is 18.3 Å². The molecule has 0 aliphatic rings. The Morgan fingerprint density at radius 1 is 1.35 bits per heavy atom. The third-order valence-corrected chi connectivity index (χ3v) is 3.23. The molecular formula is C14H19ClN4O. The van der Waals surface area contributed by atoms with Crippen LogP contribution < -0.4 is 11.1 Å². The summed E-state index contributed by atoms with van der Waals surface area (Å²) in [5.74, 6) is -0.0909. The second-order valence-electron chi connectivity index (χ2n) is 4.46. The van der Waals surface area contributed by atoms with Crippen molar-refractivity contribution in [2.45, 2.75) is 20.0 Å². The molecule has 2 rings (SSSR count). The first kappa shape index (κ1) is 16.2. The minimum absolute atomic E-state index is 0. The predicted molar refractivity (Wildman–Crippen MR) is 80.7 cm³/mol. The molecule has 0 bridgehead atoms. The van der Waals surface area contributed by atoms with Gasteiger partial charge in [-0.2, -0.15) is 5.10 Å². The third-order valence-electron chi connectivity index (χ3n) is 3.23. The Morgan fingerprint density at radius 2 is 2.00 bits per heavy atom. The predicted octanol–water partition coefficient (Wildman–Crippen LogP) is 1.54. The number of aryl methyl sites for hydroxylation is 1. The quantitative estimate of drug-likeness (QED) is 0.898. The zero-order valence-electron chi connectivity index (χ0n) is 11.6. The molecule has 0 aliphatic heterocycles. The monoisotopic (exact) mass is 294 g/mol. The van der Waals surface area contributed by atoms with Crippen LogP contribution in [0.25, 0.3) is 0 Å². The van der Waals surface area contributed by atoms with Gasteiger partial charge in [0.1, 0.15) is 0 Å². The first-order valence-electron chi connectivity index (χ1n) is 6.16. The maximum Gasteiger partial charge on any atom is 0.251 e. The Balaban J connectivity index is 0.00000200. The van der Waals surface area contributed by atoms with E-state index in [0.717, 1.165) is 16.8 Å². The zero-order valence-corrected chi connectivity index (χ0v) is 12.4. The molecule has 20 heavy (non-hydrogen) atoms. The maximum absolute atomic E-state index is 12.0. The molecule has 0 fully saturated rings. The lowest BCUT2D eigenvalue weighted by atomic mass is 10.1. The Morgan fingerprint density at radius 3 is 2.50 bits per heavy atom. The van der Waals surface area contributed by atoms with Gasteiger partial charge in [-0.1, -0.05) is 12.1 Å². The Kier molecular flexibility index (Phi) is 5.73. The van der Waals surface area contributed by atoms with Crippen LogP contribution in [0.1, 0.15) is 27.2 Å². The van der Waals surface area contributed by atoms with Gasteiger partial charge >= 0.3 is 0 Å². The van der Waals surface area contributed by atoms with Crippen LogP contribution >= 0.6 is 12.4 Å². The van der Waals surface area contributed by atoms with Gasteiger partial charge in [-0.3, -0.25) is 9.48 Å². The summed E-state index contributed by atoms with van der Waals surface area (Å²) in [5.41, 5.74) is 9.25. The van der Waals surface area contributed by atoms with Crippen LogP contribution in [0.5, 0.6) is 0 Å². The first-order chi connectivity index (χ1) is 9.11. The maximum atomic E-state index is 12.0. The normalized spacial score (nSPS) is 9.95. The number of halogens is 1. The number of hydrogen-bond acceptors (Lipinski definition) is 3. The van der Waals surface area contributed by atoms with Crippen LogP contribution in [0.15, 0.2) is 30.5 Å². The van der Waals surface area contributed by atoms with E-state index in [1.54, 1.807) is 23.0 Å². The SMILES string of the molecule is Cc1c(CNC(=O)c2ccc(CN)cc2)cnn1C.Cl. The Hall–Kier alpha value is -1.85. The minimum Gasteiger partial charge on any atom is -0.348 e. The minimum atomic E-state index is -0.0909. The lowest BCUT2D eigenvalue weighted by molar-refractivity contribution is 0.0951. The number of nitrogens with two attached hydrogens (primary N) is 1. The van der Waals surface area contributed by atoms with Crippen molar-refractivity contribution in [3.05, 3.63) is 52.8 Å². The Labute approximate surface area is 124 Å². The van der Waals surface area contributed by atoms with Gasteiger partial charge in [0, 0.05) is 37.0 Å². The van der Waals surface area contributed by atoms with Crippen LogP contribution in [-0.2, 0) is 20.1 Å². The number of carbonyl (C=O) groups is 1. The smallest absolute Gasteiger partial charge is 0.251 e. The van der Waals surface area contributed by atoms with Crippen molar-refractivity contribution < 1.29 is 4.79 Å². The summed E-state index contributed by atoms with van der Waals surface area (Å²) in [7, 11) is 1.88. The fourth-order valence-electron chi connectivity index (χ4n) is 1.79. The van der Waals surface area contributed by atoms with E-state index >= 15 is 0 Å². The summed E-state index contributed by atoms with van der Waals surface area (Å²) < 4.78 is 1.79. The second kappa shape index (κ2) is 7.07. The highest BCUT2D eigenvalue weighted by Gasteiger charge is 2.08. The molecule has 0 aliphatic carbocycles. The molecule has 0 unspecified atom stereocenters. The van der Waals surface area contributed by atoms with E-state index in [9.17, 15) is 4.79 Å². The molecule has 2 aromatic rings. The Bertz CT molecular complexity index is 577. The molecule has 5 nitrogen and oxygen atoms in total. The summed E-state index contributed by atoms with van der Waals surface area (Å²) in [6.45, 7) is 2.94. The highest BCUT2D eigenvalue weighted by Crippen LogP contribution is 2.07. The molecule has 1 aromatic heterocycles. The van der Waals surface area contributed by atoms with E-state index in [1.165, 1.54) is 0 Å². The van der Waals surface area contributed by atoms with Crippen molar-refractivity contribution in [1.29, 1.82) is 0 Å². The van der Waals surface area contributed by atoms with Gasteiger partial charge in [0.05, 0.1) is 6.20 Å². The largest absolute Gasteiger partial charge is 0.348 e. The van der Waals surface area contributed by atoms with Gasteiger partial charge < -0.3 is 11.1 Å². The molecule has 108 valence electrons. The molecule has 0 atom stereocenters. The topological polar surface area (TPSA) is 72.9 Å². The van der Waals surface area contributed by atoms with Crippen molar-refractivity contribution in [3.63, 3.8) is 0 Å². The van der Waals surface area contributed by atoms with Crippen LogP contribution in [0.4, 0.5) is 0 Å². The summed E-state index contributed by atoms with van der Waals surface area (Å²) >= 11 is 0. The number of hydrogen-bond donors (Lipinski definition) is 2. The van der Waals surface area contributed by atoms with Crippen molar-refractivity contribution in [2.24, 2.45) is 12.8 Å². The van der Waals surface area contributed by atoms with E-state index in [2.05, 4.69) is 10.4 Å². The highest BCUT2D eigenvalue weighted by atomic mass is 35.5. The van der Waals surface area contributed by atoms with Gasteiger partial charge in [0.25, 0.3) is 5.91 Å². The number of rotatable bonds is 4. The number of amides is 1. The summed E-state index contributed by atoms with van der Waals surface area (Å²) in [6, 6.07) is 7.30. The standard InChI is InChI=1S/C14H18N4O.ClH/c1-10-13(9-17-18(10)2)8-16-14(19)12-5-3-11(7-15)4-6-12;/h3-6,9H,7-8,15H2,1-2H3,(H,16,19);1H. The van der Waals surface area contributed by atoms with Crippen LogP contribution in [-0.4, -0.2) is 15.7 Å². The van der Waals surface area contributed by atoms with E-state index in [1.807, 2.05) is 26.1 Å². The van der Waals surface area contributed by atoms with E-state index in [0.29, 0.717) is 18.7 Å². The molecule has 3 N–H and O–H groups in total. The second-order valence-corrected chi connectivity index (χ2v) is 4.46.